The number of nitrogens with zero attached hydrogens (tertiary/aromatic N) is 3. The van der Waals surface area contributed by atoms with Crippen molar-refractivity contribution in [3.8, 4) is 0 Å². The van der Waals surface area contributed by atoms with Crippen LogP contribution in [0.15, 0.2) is 11.0 Å². The number of halogens is 1. The lowest BCUT2D eigenvalue weighted by Crippen LogP contribution is -2.30. The van der Waals surface area contributed by atoms with Gasteiger partial charge in [0.2, 0.25) is 0 Å². The lowest BCUT2D eigenvalue weighted by Gasteiger charge is -2.26. The lowest BCUT2D eigenvalue weighted by atomic mass is 9.85. The maximum Gasteiger partial charge on any atom is 0.287 e. The normalized spacial score (nSPS) is 15.6. The second-order valence-electron chi connectivity index (χ2n) is 5.38. The number of nitrogens with one attached hydrogen (secondary N) is 1. The molecule has 0 bridgehead atoms. The molecule has 1 saturated carbocycles. The van der Waals surface area contributed by atoms with Gasteiger partial charge in [-0.25, -0.2) is 4.68 Å². The Labute approximate surface area is 118 Å². The summed E-state index contributed by atoms with van der Waals surface area (Å²) in [5, 5.41) is 7.64. The van der Waals surface area contributed by atoms with Crippen molar-refractivity contribution in [2.45, 2.75) is 25.8 Å². The molecule has 0 saturated heterocycles. The van der Waals surface area contributed by atoms with E-state index in [1.165, 1.54) is 23.9 Å². The van der Waals surface area contributed by atoms with Gasteiger partial charge < -0.3 is 10.2 Å². The minimum Gasteiger partial charge on any atom is -0.382 e. The fraction of sp³-hybridized carbons (Fsp3) is 0.692. The Balaban J connectivity index is 2.01. The van der Waals surface area contributed by atoms with Gasteiger partial charge in [0.1, 0.15) is 5.02 Å². The fourth-order valence-electron chi connectivity index (χ4n) is 1.99. The summed E-state index contributed by atoms with van der Waals surface area (Å²) < 4.78 is 1.41. The number of likely N-dealkylation sites (N-methyl/N-ethyl adjacent to an activating group) is 1. The molecular weight excluding hydrogens is 264 g/mol. The van der Waals surface area contributed by atoms with Crippen LogP contribution in [0.1, 0.15) is 19.3 Å². The Morgan fingerprint density at radius 1 is 1.53 bits per heavy atom. The molecule has 0 aliphatic heterocycles. The molecule has 0 amide bonds. The van der Waals surface area contributed by atoms with Crippen molar-refractivity contribution in [1.82, 2.24) is 14.7 Å². The minimum absolute atomic E-state index is 0.220. The summed E-state index contributed by atoms with van der Waals surface area (Å²) >= 11 is 6.11. The Morgan fingerprint density at radius 2 is 2.26 bits per heavy atom. The summed E-state index contributed by atoms with van der Waals surface area (Å²) in [6, 6.07) is 0. The van der Waals surface area contributed by atoms with Crippen LogP contribution >= 0.6 is 11.6 Å². The molecule has 5 nitrogen and oxygen atoms in total. The summed E-state index contributed by atoms with van der Waals surface area (Å²) in [4.78, 5) is 14.0. The van der Waals surface area contributed by atoms with E-state index in [9.17, 15) is 4.79 Å². The Hall–Kier alpha value is -1.07. The smallest absolute Gasteiger partial charge is 0.287 e. The molecule has 0 atom stereocenters. The molecule has 2 rings (SSSR count). The van der Waals surface area contributed by atoms with Gasteiger partial charge >= 0.3 is 0 Å². The molecular formula is C13H21ClN4O. The highest BCUT2D eigenvalue weighted by atomic mass is 35.5. The van der Waals surface area contributed by atoms with Crippen molar-refractivity contribution in [3.05, 3.63) is 21.6 Å². The van der Waals surface area contributed by atoms with Crippen molar-refractivity contribution in [2.24, 2.45) is 5.92 Å². The molecule has 19 heavy (non-hydrogen) atoms. The van der Waals surface area contributed by atoms with E-state index < -0.39 is 0 Å². The van der Waals surface area contributed by atoms with E-state index in [1.54, 1.807) is 6.20 Å². The van der Waals surface area contributed by atoms with Crippen LogP contribution in [0.25, 0.3) is 0 Å². The molecule has 106 valence electrons. The predicted octanol–water partition coefficient (Wildman–Crippen LogP) is 1.67. The van der Waals surface area contributed by atoms with Gasteiger partial charge in [0.05, 0.1) is 18.4 Å². The van der Waals surface area contributed by atoms with Crippen molar-refractivity contribution in [2.75, 3.05) is 32.5 Å². The van der Waals surface area contributed by atoms with Crippen LogP contribution in [-0.4, -0.2) is 41.9 Å². The van der Waals surface area contributed by atoms with Crippen molar-refractivity contribution >= 4 is 17.3 Å². The van der Waals surface area contributed by atoms with Gasteiger partial charge in [0, 0.05) is 13.1 Å². The number of aromatic nitrogens is 2. The fourth-order valence-corrected chi connectivity index (χ4v) is 2.21. The van der Waals surface area contributed by atoms with E-state index in [1.807, 2.05) is 19.0 Å². The quantitative estimate of drug-likeness (QED) is 0.863. The highest BCUT2D eigenvalue weighted by Gasteiger charge is 2.18. The highest BCUT2D eigenvalue weighted by molar-refractivity contribution is 6.32. The summed E-state index contributed by atoms with van der Waals surface area (Å²) in [6.07, 6.45) is 5.48. The zero-order chi connectivity index (χ0) is 13.8. The molecule has 1 aliphatic carbocycles. The van der Waals surface area contributed by atoms with E-state index in [0.717, 1.165) is 13.1 Å². The molecule has 1 aromatic heterocycles. The number of hydrogen-bond acceptors (Lipinski definition) is 4. The van der Waals surface area contributed by atoms with E-state index in [2.05, 4.69) is 10.4 Å². The standard InChI is InChI=1S/C13H21ClN4O/c1-17(2)6-7-18-13(19)12(14)11(9-16-18)15-8-10-4-3-5-10/h9-10,15H,3-8H2,1-2H3. The second kappa shape index (κ2) is 6.39. The number of hydrogen-bond donors (Lipinski definition) is 1. The van der Waals surface area contributed by atoms with E-state index >= 15 is 0 Å². The molecule has 1 N–H and O–H groups in total. The highest BCUT2D eigenvalue weighted by Crippen LogP contribution is 2.27. The van der Waals surface area contributed by atoms with Crippen LogP contribution in [0.4, 0.5) is 5.69 Å². The lowest BCUT2D eigenvalue weighted by molar-refractivity contribution is 0.333. The average Bonchev–Trinajstić information content (AvgIpc) is 2.31. The summed E-state index contributed by atoms with van der Waals surface area (Å²) in [5.41, 5.74) is 0.432. The molecule has 1 heterocycles. The van der Waals surface area contributed by atoms with Crippen LogP contribution in [-0.2, 0) is 6.54 Å². The summed E-state index contributed by atoms with van der Waals surface area (Å²) in [5.74, 6) is 0.715. The Kier molecular flexibility index (Phi) is 4.82. The molecule has 1 aromatic rings. The first-order chi connectivity index (χ1) is 9.08. The molecule has 1 aliphatic rings. The number of rotatable bonds is 6. The van der Waals surface area contributed by atoms with Crippen LogP contribution < -0.4 is 10.9 Å². The third-order valence-electron chi connectivity index (χ3n) is 3.55. The van der Waals surface area contributed by atoms with Crippen molar-refractivity contribution in [1.29, 1.82) is 0 Å². The predicted molar refractivity (Wildman–Crippen MR) is 77.9 cm³/mol. The monoisotopic (exact) mass is 284 g/mol. The first-order valence-electron chi connectivity index (χ1n) is 6.72. The summed E-state index contributed by atoms with van der Waals surface area (Å²) in [6.45, 7) is 2.19. The molecule has 1 fully saturated rings. The molecule has 0 aromatic carbocycles. The first kappa shape index (κ1) is 14.3. The van der Waals surface area contributed by atoms with E-state index in [-0.39, 0.29) is 10.6 Å². The van der Waals surface area contributed by atoms with Gasteiger partial charge in [-0.1, -0.05) is 18.0 Å². The molecule has 0 spiro atoms. The third kappa shape index (κ3) is 3.70. The zero-order valence-electron chi connectivity index (χ0n) is 11.5. The minimum atomic E-state index is -0.220. The van der Waals surface area contributed by atoms with Crippen LogP contribution in [0.5, 0.6) is 0 Å². The maximum absolute atomic E-state index is 12.0. The Bertz CT molecular complexity index is 482. The van der Waals surface area contributed by atoms with Gasteiger partial charge in [-0.2, -0.15) is 5.10 Å². The van der Waals surface area contributed by atoms with Gasteiger partial charge in [0.15, 0.2) is 0 Å². The number of anilines is 1. The zero-order valence-corrected chi connectivity index (χ0v) is 12.3. The van der Waals surface area contributed by atoms with Gasteiger partial charge in [0.25, 0.3) is 5.56 Å². The summed E-state index contributed by atoms with van der Waals surface area (Å²) in [7, 11) is 3.92. The van der Waals surface area contributed by atoms with Gasteiger partial charge in [-0.15, -0.1) is 0 Å². The Morgan fingerprint density at radius 3 is 2.84 bits per heavy atom. The van der Waals surface area contributed by atoms with Crippen LogP contribution in [0.3, 0.4) is 0 Å². The SMILES string of the molecule is CN(C)CCn1ncc(NCC2CCC2)c(Cl)c1=O. The molecule has 0 unspecified atom stereocenters. The van der Waals surface area contributed by atoms with Crippen molar-refractivity contribution in [3.63, 3.8) is 0 Å². The van der Waals surface area contributed by atoms with E-state index in [0.29, 0.717) is 18.2 Å². The largest absolute Gasteiger partial charge is 0.382 e. The van der Waals surface area contributed by atoms with Crippen LogP contribution in [0.2, 0.25) is 5.02 Å². The second-order valence-corrected chi connectivity index (χ2v) is 5.76. The topological polar surface area (TPSA) is 50.2 Å². The molecule has 0 radical (unpaired) electrons. The van der Waals surface area contributed by atoms with Gasteiger partial charge in [-0.3, -0.25) is 4.79 Å². The van der Waals surface area contributed by atoms with Crippen LogP contribution in [0, 0.1) is 5.92 Å². The first-order valence-corrected chi connectivity index (χ1v) is 7.10. The van der Waals surface area contributed by atoms with E-state index in [4.69, 9.17) is 11.6 Å². The van der Waals surface area contributed by atoms with Crippen molar-refractivity contribution < 1.29 is 0 Å². The third-order valence-corrected chi connectivity index (χ3v) is 3.92. The molecule has 6 heteroatoms. The average molecular weight is 285 g/mol. The van der Waals surface area contributed by atoms with Gasteiger partial charge in [-0.05, 0) is 32.9 Å². The maximum atomic E-state index is 12.0.